The van der Waals surface area contributed by atoms with Gasteiger partial charge in [0, 0.05) is 24.9 Å². The third-order valence-electron chi connectivity index (χ3n) is 3.18. The molecule has 0 saturated carbocycles. The molecule has 20 heavy (non-hydrogen) atoms. The second kappa shape index (κ2) is 7.05. The molecule has 1 aromatic carbocycles. The number of anilines is 2. The van der Waals surface area contributed by atoms with Gasteiger partial charge in [0.2, 0.25) is 11.8 Å². The third-order valence-corrected chi connectivity index (χ3v) is 3.18. The molecule has 1 fully saturated rings. The number of rotatable bonds is 4. The summed E-state index contributed by atoms with van der Waals surface area (Å²) in [5.74, 6) is -0.152. The Morgan fingerprint density at radius 1 is 1.15 bits per heavy atom. The average molecular weight is 276 g/mol. The summed E-state index contributed by atoms with van der Waals surface area (Å²) in [5.41, 5.74) is 1.44. The number of amides is 2. The van der Waals surface area contributed by atoms with E-state index in [1.807, 2.05) is 0 Å². The van der Waals surface area contributed by atoms with Gasteiger partial charge in [0.25, 0.3) is 0 Å². The zero-order valence-corrected chi connectivity index (χ0v) is 11.6. The van der Waals surface area contributed by atoms with Crippen LogP contribution >= 0.6 is 0 Å². The van der Waals surface area contributed by atoms with Crippen LogP contribution in [-0.2, 0) is 14.3 Å². The van der Waals surface area contributed by atoms with Crippen LogP contribution in [0.15, 0.2) is 24.3 Å². The number of carbonyl (C=O) groups is 2. The highest BCUT2D eigenvalue weighted by molar-refractivity contribution is 5.92. The molecular formula is C15H20N2O3. The molecule has 0 spiro atoms. The average Bonchev–Trinajstić information content (AvgIpc) is 2.41. The van der Waals surface area contributed by atoms with E-state index in [4.69, 9.17) is 4.74 Å². The second-order valence-electron chi connectivity index (χ2n) is 5.00. The van der Waals surface area contributed by atoms with Gasteiger partial charge in [-0.25, -0.2) is 0 Å². The number of carbonyl (C=O) groups excluding carboxylic acids is 2. The van der Waals surface area contributed by atoms with Crippen LogP contribution < -0.4 is 10.6 Å². The predicted octanol–water partition coefficient (Wildman–Crippen LogP) is 2.54. The molecule has 0 aromatic heterocycles. The van der Waals surface area contributed by atoms with Crippen molar-refractivity contribution in [3.8, 4) is 0 Å². The number of ether oxygens (including phenoxy) is 1. The van der Waals surface area contributed by atoms with Gasteiger partial charge in [0.05, 0.1) is 12.5 Å². The maximum atomic E-state index is 11.9. The first-order valence-corrected chi connectivity index (χ1v) is 6.92. The predicted molar refractivity (Wildman–Crippen MR) is 77.6 cm³/mol. The van der Waals surface area contributed by atoms with Crippen molar-refractivity contribution in [2.45, 2.75) is 38.7 Å². The molecule has 1 saturated heterocycles. The number of hydrogen-bond acceptors (Lipinski definition) is 3. The largest absolute Gasteiger partial charge is 0.378 e. The molecule has 1 heterocycles. The molecular weight excluding hydrogens is 256 g/mol. The van der Waals surface area contributed by atoms with Crippen molar-refractivity contribution in [2.24, 2.45) is 0 Å². The lowest BCUT2D eigenvalue weighted by molar-refractivity contribution is -0.120. The van der Waals surface area contributed by atoms with E-state index in [2.05, 4.69) is 10.6 Å². The normalized spacial score (nSPS) is 18.4. The second-order valence-corrected chi connectivity index (χ2v) is 5.00. The molecule has 108 valence electrons. The maximum Gasteiger partial charge on any atom is 0.226 e. The first-order valence-electron chi connectivity index (χ1n) is 6.92. The molecule has 2 N–H and O–H groups in total. The fraction of sp³-hybridized carbons (Fsp3) is 0.467. The lowest BCUT2D eigenvalue weighted by Crippen LogP contribution is -2.25. The quantitative estimate of drug-likeness (QED) is 0.888. The molecule has 5 nitrogen and oxygen atoms in total. The van der Waals surface area contributed by atoms with Gasteiger partial charge in [-0.1, -0.05) is 0 Å². The maximum absolute atomic E-state index is 11.9. The zero-order chi connectivity index (χ0) is 14.4. The summed E-state index contributed by atoms with van der Waals surface area (Å²) in [6.45, 7) is 2.21. The van der Waals surface area contributed by atoms with E-state index < -0.39 is 0 Å². The Morgan fingerprint density at radius 2 is 1.80 bits per heavy atom. The van der Waals surface area contributed by atoms with Crippen molar-refractivity contribution in [3.63, 3.8) is 0 Å². The SMILES string of the molecule is CC(=O)Nc1ccc(NC(=O)CC2CCCCO2)cc1. The summed E-state index contributed by atoms with van der Waals surface area (Å²) in [7, 11) is 0. The van der Waals surface area contributed by atoms with Gasteiger partial charge < -0.3 is 15.4 Å². The van der Waals surface area contributed by atoms with Gasteiger partial charge in [0.1, 0.15) is 0 Å². The fourth-order valence-electron chi connectivity index (χ4n) is 2.23. The Kier molecular flexibility index (Phi) is 5.12. The van der Waals surface area contributed by atoms with E-state index in [0.29, 0.717) is 12.1 Å². The highest BCUT2D eigenvalue weighted by Crippen LogP contribution is 2.17. The van der Waals surface area contributed by atoms with Crippen LogP contribution in [0.25, 0.3) is 0 Å². The standard InChI is InChI=1S/C15H20N2O3/c1-11(18)16-12-5-7-13(8-6-12)17-15(19)10-14-4-2-3-9-20-14/h5-8,14H,2-4,9-10H2,1H3,(H,16,18)(H,17,19). The van der Waals surface area contributed by atoms with Crippen LogP contribution in [0, 0.1) is 0 Å². The minimum Gasteiger partial charge on any atom is -0.378 e. The summed E-state index contributed by atoms with van der Waals surface area (Å²) in [5, 5.41) is 5.52. The zero-order valence-electron chi connectivity index (χ0n) is 11.6. The first kappa shape index (κ1) is 14.5. The summed E-state index contributed by atoms with van der Waals surface area (Å²) in [4.78, 5) is 22.8. The molecule has 0 bridgehead atoms. The number of nitrogens with one attached hydrogen (secondary N) is 2. The Labute approximate surface area is 118 Å². The third kappa shape index (κ3) is 4.66. The minimum absolute atomic E-state index is 0.0378. The monoisotopic (exact) mass is 276 g/mol. The first-order chi connectivity index (χ1) is 9.63. The van der Waals surface area contributed by atoms with Gasteiger partial charge in [-0.15, -0.1) is 0 Å². The lowest BCUT2D eigenvalue weighted by atomic mass is 10.1. The van der Waals surface area contributed by atoms with E-state index in [-0.39, 0.29) is 17.9 Å². The van der Waals surface area contributed by atoms with E-state index in [1.165, 1.54) is 6.92 Å². The van der Waals surface area contributed by atoms with Gasteiger partial charge in [0.15, 0.2) is 0 Å². The highest BCUT2D eigenvalue weighted by atomic mass is 16.5. The molecule has 1 aromatic rings. The number of hydrogen-bond donors (Lipinski definition) is 2. The van der Waals surface area contributed by atoms with Crippen LogP contribution in [0.1, 0.15) is 32.6 Å². The molecule has 1 unspecified atom stereocenters. The molecule has 1 atom stereocenters. The summed E-state index contributed by atoms with van der Waals surface area (Å²) >= 11 is 0. The smallest absolute Gasteiger partial charge is 0.226 e. The molecule has 1 aliphatic heterocycles. The van der Waals surface area contributed by atoms with Crippen LogP contribution in [-0.4, -0.2) is 24.5 Å². The minimum atomic E-state index is -0.115. The molecule has 0 radical (unpaired) electrons. The van der Waals surface area contributed by atoms with Crippen molar-refractivity contribution in [1.29, 1.82) is 0 Å². The van der Waals surface area contributed by atoms with Gasteiger partial charge in [-0.3, -0.25) is 9.59 Å². The van der Waals surface area contributed by atoms with Crippen molar-refractivity contribution in [3.05, 3.63) is 24.3 Å². The van der Waals surface area contributed by atoms with Crippen LogP contribution in [0.3, 0.4) is 0 Å². The Bertz CT molecular complexity index is 465. The van der Waals surface area contributed by atoms with E-state index in [1.54, 1.807) is 24.3 Å². The Morgan fingerprint density at radius 3 is 2.35 bits per heavy atom. The van der Waals surface area contributed by atoms with Gasteiger partial charge in [-0.2, -0.15) is 0 Å². The Balaban J connectivity index is 1.82. The fourth-order valence-corrected chi connectivity index (χ4v) is 2.23. The summed E-state index contributed by atoms with van der Waals surface area (Å²) in [6, 6.07) is 7.05. The van der Waals surface area contributed by atoms with E-state index >= 15 is 0 Å². The van der Waals surface area contributed by atoms with Crippen LogP contribution in [0.5, 0.6) is 0 Å². The highest BCUT2D eigenvalue weighted by Gasteiger charge is 2.17. The van der Waals surface area contributed by atoms with Gasteiger partial charge in [-0.05, 0) is 43.5 Å². The van der Waals surface area contributed by atoms with Crippen LogP contribution in [0.4, 0.5) is 11.4 Å². The van der Waals surface area contributed by atoms with Crippen LogP contribution in [0.2, 0.25) is 0 Å². The molecule has 5 heteroatoms. The van der Waals surface area contributed by atoms with E-state index in [0.717, 1.165) is 31.6 Å². The van der Waals surface area contributed by atoms with Gasteiger partial charge >= 0.3 is 0 Å². The lowest BCUT2D eigenvalue weighted by Gasteiger charge is -2.21. The summed E-state index contributed by atoms with van der Waals surface area (Å²) in [6.07, 6.45) is 3.61. The number of benzene rings is 1. The van der Waals surface area contributed by atoms with E-state index in [9.17, 15) is 9.59 Å². The van der Waals surface area contributed by atoms with Crippen molar-refractivity contribution in [1.82, 2.24) is 0 Å². The molecule has 0 aliphatic carbocycles. The van der Waals surface area contributed by atoms with Crippen molar-refractivity contribution in [2.75, 3.05) is 17.2 Å². The molecule has 2 rings (SSSR count). The van der Waals surface area contributed by atoms with Crippen molar-refractivity contribution >= 4 is 23.2 Å². The van der Waals surface area contributed by atoms with Crippen molar-refractivity contribution < 1.29 is 14.3 Å². The molecule has 1 aliphatic rings. The Hall–Kier alpha value is -1.88. The molecule has 2 amide bonds. The summed E-state index contributed by atoms with van der Waals surface area (Å²) < 4.78 is 5.54. The topological polar surface area (TPSA) is 67.4 Å².